The zero-order valence-electron chi connectivity index (χ0n) is 35.8. The second kappa shape index (κ2) is 11.7. The Hall–Kier alpha value is -5.56. The van der Waals surface area contributed by atoms with Gasteiger partial charge in [0.25, 0.3) is 0 Å². The fourth-order valence-corrected chi connectivity index (χ4v) is 12.8. The van der Waals surface area contributed by atoms with Crippen molar-refractivity contribution in [1.82, 2.24) is 0 Å². The van der Waals surface area contributed by atoms with Crippen molar-refractivity contribution in [3.05, 3.63) is 163 Å². The number of hydrogen-bond acceptors (Lipinski definition) is 4. The summed E-state index contributed by atoms with van der Waals surface area (Å²) in [5.41, 5.74) is 18.6. The lowest BCUT2D eigenvalue weighted by Gasteiger charge is -2.24. The van der Waals surface area contributed by atoms with E-state index in [1.807, 2.05) is 24.3 Å². The average molecular weight is 939 g/mol. The first kappa shape index (κ1) is 37.0. The van der Waals surface area contributed by atoms with Crippen molar-refractivity contribution in [1.29, 1.82) is 0 Å². The molecule has 0 radical (unpaired) electrons. The third-order valence-corrected chi connectivity index (χ3v) is 16.0. The Morgan fingerprint density at radius 3 is 0.919 bits per heavy atom. The largest absolute Gasteiger partial charge is 0.456 e. The molecule has 304 valence electrons. The molecule has 0 unspecified atom stereocenters. The number of rotatable bonds is 0. The minimum atomic E-state index is -0.159. The molecule has 10 aromatic rings. The molecule has 4 heterocycles. The van der Waals surface area contributed by atoms with E-state index in [1.165, 1.54) is 88.3 Å². The molecule has 62 heavy (non-hydrogen) atoms. The number of halogens is 2. The lowest BCUT2D eigenvalue weighted by molar-refractivity contribution is 0.616. The highest BCUT2D eigenvalue weighted by Gasteiger charge is 2.48. The van der Waals surface area contributed by atoms with E-state index in [-0.39, 0.29) is 21.7 Å². The number of fused-ring (bicyclic) bond motifs is 20. The van der Waals surface area contributed by atoms with Gasteiger partial charge in [-0.15, -0.1) is 0 Å². The Morgan fingerprint density at radius 2 is 0.597 bits per heavy atom. The maximum absolute atomic E-state index is 6.45. The number of benzene rings is 6. The van der Waals surface area contributed by atoms with E-state index in [0.717, 1.165) is 54.3 Å². The lowest BCUT2D eigenvalue weighted by atomic mass is 9.78. The van der Waals surface area contributed by atoms with Crippen LogP contribution in [0.2, 0.25) is 0 Å². The Kier molecular flexibility index (Phi) is 7.00. The first-order valence-electron chi connectivity index (χ1n) is 21.5. The summed E-state index contributed by atoms with van der Waals surface area (Å²) in [6, 6.07) is 38.8. The predicted molar refractivity (Wildman–Crippen MR) is 258 cm³/mol. The van der Waals surface area contributed by atoms with E-state index in [0.29, 0.717) is 0 Å². The van der Waals surface area contributed by atoms with Crippen LogP contribution in [0, 0.1) is 0 Å². The molecule has 0 amide bonds. The lowest BCUT2D eigenvalue weighted by Crippen LogP contribution is -2.17. The highest BCUT2D eigenvalue weighted by Crippen LogP contribution is 2.61. The monoisotopic (exact) mass is 936 g/mol. The van der Waals surface area contributed by atoms with Crippen molar-refractivity contribution in [2.24, 2.45) is 0 Å². The van der Waals surface area contributed by atoms with Crippen LogP contribution in [0.5, 0.6) is 0 Å². The summed E-state index contributed by atoms with van der Waals surface area (Å²) in [7, 11) is 0. The molecule has 0 spiro atoms. The standard InChI is InChI=1S/C28H20Br2O2.C28H22O2/c1-27(2)19-11-16-20(12-15(19)25-23(27)17-9-13(29)5-7-21(17)31-25)28(3,4)24-18-10-14(30)6-8-22(18)32-26(16)24;1-27(2)19-13-18-20(14-17(19)25-23(27)15-9-5-7-11-21(15)29-25)28(3,4)24-16-10-6-8-12-22(16)30-26(18)24/h5-12H,1-4H3;5-14H,1-4H3. The molecule has 6 aromatic carbocycles. The van der Waals surface area contributed by atoms with E-state index >= 15 is 0 Å². The summed E-state index contributed by atoms with van der Waals surface area (Å²) in [4.78, 5) is 0. The number of hydrogen-bond donors (Lipinski definition) is 0. The van der Waals surface area contributed by atoms with E-state index in [2.05, 4.69) is 172 Å². The third-order valence-electron chi connectivity index (χ3n) is 15.0. The van der Waals surface area contributed by atoms with Crippen LogP contribution < -0.4 is 0 Å². The summed E-state index contributed by atoms with van der Waals surface area (Å²) >= 11 is 7.28. The molecule has 4 aliphatic carbocycles. The Bertz CT molecular complexity index is 3430. The highest BCUT2D eigenvalue weighted by atomic mass is 79.9. The second-order valence-corrected chi connectivity index (χ2v) is 21.7. The van der Waals surface area contributed by atoms with Crippen molar-refractivity contribution < 1.29 is 17.7 Å². The Morgan fingerprint density at radius 1 is 0.323 bits per heavy atom. The van der Waals surface area contributed by atoms with E-state index in [4.69, 9.17) is 17.7 Å². The van der Waals surface area contributed by atoms with Crippen LogP contribution in [0.4, 0.5) is 0 Å². The summed E-state index contributed by atoms with van der Waals surface area (Å²) in [6.45, 7) is 18.5. The van der Waals surface area contributed by atoms with E-state index < -0.39 is 0 Å². The average Bonchev–Trinajstić information content (AvgIpc) is 4.10. The van der Waals surface area contributed by atoms with Crippen LogP contribution in [0.3, 0.4) is 0 Å². The number of para-hydroxylation sites is 2. The van der Waals surface area contributed by atoms with Crippen LogP contribution in [-0.2, 0) is 21.7 Å². The SMILES string of the molecule is CC1(C)c2cc3c(cc2-c2oc4ccc(Br)cc4c21)C(C)(C)c1c-3oc2ccc(Br)cc12.CC1(C)c2cc3c(cc2-c2oc4ccccc4c21)C(C)(C)c1c-3oc2ccccc12. The van der Waals surface area contributed by atoms with Crippen molar-refractivity contribution in [3.8, 4) is 45.3 Å². The van der Waals surface area contributed by atoms with Gasteiger partial charge >= 0.3 is 0 Å². The van der Waals surface area contributed by atoms with Gasteiger partial charge in [0.2, 0.25) is 0 Å². The van der Waals surface area contributed by atoms with Gasteiger partial charge in [-0.1, -0.05) is 124 Å². The van der Waals surface area contributed by atoms with Crippen LogP contribution in [0.15, 0.2) is 136 Å². The van der Waals surface area contributed by atoms with Gasteiger partial charge in [0.1, 0.15) is 45.4 Å². The predicted octanol–water partition coefficient (Wildman–Crippen LogP) is 17.1. The summed E-state index contributed by atoms with van der Waals surface area (Å²) in [6.07, 6.45) is 0. The van der Waals surface area contributed by atoms with Crippen LogP contribution >= 0.6 is 31.9 Å². The van der Waals surface area contributed by atoms with Crippen LogP contribution in [-0.4, -0.2) is 0 Å². The van der Waals surface area contributed by atoms with E-state index in [1.54, 1.807) is 0 Å². The van der Waals surface area contributed by atoms with Gasteiger partial charge in [-0.05, 0) is 95.1 Å². The molecular formula is C56H42Br2O4. The first-order chi connectivity index (χ1) is 29.6. The fraction of sp³-hybridized carbons (Fsp3) is 0.214. The number of furan rings is 4. The topological polar surface area (TPSA) is 52.6 Å². The molecule has 6 heteroatoms. The molecule has 4 aliphatic rings. The molecular weight excluding hydrogens is 896 g/mol. The Balaban J connectivity index is 0.000000126. The molecule has 0 fully saturated rings. The molecule has 14 rings (SSSR count). The van der Waals surface area contributed by atoms with Gasteiger partial charge < -0.3 is 17.7 Å². The zero-order chi connectivity index (χ0) is 42.6. The zero-order valence-corrected chi connectivity index (χ0v) is 39.0. The van der Waals surface area contributed by atoms with Crippen molar-refractivity contribution in [2.75, 3.05) is 0 Å². The normalized spacial score (nSPS) is 17.1. The highest BCUT2D eigenvalue weighted by molar-refractivity contribution is 9.10. The van der Waals surface area contributed by atoms with Crippen LogP contribution in [0.1, 0.15) is 99.9 Å². The van der Waals surface area contributed by atoms with Crippen molar-refractivity contribution >= 4 is 75.7 Å². The van der Waals surface area contributed by atoms with Gasteiger partial charge in [-0.2, -0.15) is 0 Å². The maximum Gasteiger partial charge on any atom is 0.139 e. The van der Waals surface area contributed by atoms with Gasteiger partial charge in [0.15, 0.2) is 0 Å². The van der Waals surface area contributed by atoms with Gasteiger partial charge in [0, 0.05) is 96.7 Å². The second-order valence-electron chi connectivity index (χ2n) is 19.9. The molecule has 4 aromatic heterocycles. The smallest absolute Gasteiger partial charge is 0.139 e. The minimum absolute atomic E-state index is 0.120. The maximum atomic E-state index is 6.45. The summed E-state index contributed by atoms with van der Waals surface area (Å²) in [5, 5.41) is 4.81. The molecule has 0 bridgehead atoms. The molecule has 0 saturated carbocycles. The van der Waals surface area contributed by atoms with Crippen molar-refractivity contribution in [3.63, 3.8) is 0 Å². The van der Waals surface area contributed by atoms with Crippen molar-refractivity contribution in [2.45, 2.75) is 77.0 Å². The minimum Gasteiger partial charge on any atom is -0.456 e. The van der Waals surface area contributed by atoms with E-state index in [9.17, 15) is 0 Å². The molecule has 0 N–H and O–H groups in total. The molecule has 0 aliphatic heterocycles. The Labute approximate surface area is 376 Å². The fourth-order valence-electron chi connectivity index (χ4n) is 12.0. The summed E-state index contributed by atoms with van der Waals surface area (Å²) < 4.78 is 27.9. The third kappa shape index (κ3) is 4.47. The molecule has 4 nitrogen and oxygen atoms in total. The first-order valence-corrected chi connectivity index (χ1v) is 23.0. The quantitative estimate of drug-likeness (QED) is 0.152. The van der Waals surface area contributed by atoms with Gasteiger partial charge in [0.05, 0.1) is 0 Å². The summed E-state index contributed by atoms with van der Waals surface area (Å²) in [5.74, 6) is 4.08. The van der Waals surface area contributed by atoms with Crippen LogP contribution in [0.25, 0.3) is 89.2 Å². The van der Waals surface area contributed by atoms with Gasteiger partial charge in [-0.3, -0.25) is 0 Å². The molecule has 0 atom stereocenters. The molecule has 0 saturated heterocycles. The van der Waals surface area contributed by atoms with Gasteiger partial charge in [-0.25, -0.2) is 0 Å².